The van der Waals surface area contributed by atoms with Crippen molar-refractivity contribution in [3.8, 4) is 11.5 Å². The van der Waals surface area contributed by atoms with Gasteiger partial charge in [-0.15, -0.1) is 0 Å². The molecule has 1 N–H and O–H groups in total. The van der Waals surface area contributed by atoms with Crippen molar-refractivity contribution in [2.75, 3.05) is 11.9 Å². The number of aryl methyl sites for hydroxylation is 1. The van der Waals surface area contributed by atoms with Gasteiger partial charge in [-0.2, -0.15) is 0 Å². The summed E-state index contributed by atoms with van der Waals surface area (Å²) in [6.45, 7) is 3.07. The lowest BCUT2D eigenvalue weighted by Crippen LogP contribution is -1.91. The second-order valence-electron chi connectivity index (χ2n) is 4.99. The summed E-state index contributed by atoms with van der Waals surface area (Å²) in [5.74, 6) is 0.695. The number of aromatic nitrogens is 1. The number of hydrogen-bond donors (Lipinski definition) is 1. The number of fused-ring (bicyclic) bond motifs is 2. The molecule has 3 heteroatoms. The summed E-state index contributed by atoms with van der Waals surface area (Å²) < 4.78 is 5.86. The topological polar surface area (TPSA) is 38.1 Å². The van der Waals surface area contributed by atoms with Gasteiger partial charge in [-0.1, -0.05) is 18.2 Å². The average molecular weight is 250 g/mol. The minimum Gasteiger partial charge on any atom is -0.436 e. The maximum Gasteiger partial charge on any atom is 0.227 e. The fourth-order valence-corrected chi connectivity index (χ4v) is 2.63. The number of nitrogens with one attached hydrogen (secondary N) is 1. The summed E-state index contributed by atoms with van der Waals surface area (Å²) in [4.78, 5) is 4.61. The molecule has 19 heavy (non-hydrogen) atoms. The van der Waals surface area contributed by atoms with E-state index in [4.69, 9.17) is 4.42 Å². The van der Waals surface area contributed by atoms with Crippen LogP contribution in [0.15, 0.2) is 40.8 Å². The van der Waals surface area contributed by atoms with Gasteiger partial charge < -0.3 is 9.73 Å². The molecule has 2 heterocycles. The predicted octanol–water partition coefficient (Wildman–Crippen LogP) is 3.77. The fraction of sp³-hybridized carbons (Fsp3) is 0.188. The molecule has 3 aromatic rings. The molecule has 0 unspecified atom stereocenters. The third-order valence-corrected chi connectivity index (χ3v) is 3.69. The molecule has 0 saturated heterocycles. The minimum atomic E-state index is 0.695. The number of anilines is 1. The monoisotopic (exact) mass is 250 g/mol. The molecule has 2 aromatic carbocycles. The van der Waals surface area contributed by atoms with E-state index in [1.807, 2.05) is 12.1 Å². The molecule has 94 valence electrons. The van der Waals surface area contributed by atoms with E-state index in [-0.39, 0.29) is 0 Å². The van der Waals surface area contributed by atoms with Crippen molar-refractivity contribution in [1.82, 2.24) is 4.98 Å². The standard InChI is InChI=1S/C16H14N2O/c1-10-3-2-4-14-15(10)18-16(19-14)12-6-5-11-7-8-17-13(11)9-12/h2-6,9,17H,7-8H2,1H3. The van der Waals surface area contributed by atoms with E-state index in [2.05, 4.69) is 41.5 Å². The van der Waals surface area contributed by atoms with Crippen LogP contribution in [0.2, 0.25) is 0 Å². The van der Waals surface area contributed by atoms with Gasteiger partial charge in [0.2, 0.25) is 5.89 Å². The summed E-state index contributed by atoms with van der Waals surface area (Å²) in [5.41, 5.74) is 6.55. The summed E-state index contributed by atoms with van der Waals surface area (Å²) in [5, 5.41) is 3.39. The normalized spacial score (nSPS) is 13.5. The maximum absolute atomic E-state index is 5.86. The average Bonchev–Trinajstić information content (AvgIpc) is 3.04. The van der Waals surface area contributed by atoms with Gasteiger partial charge in [0.15, 0.2) is 5.58 Å². The van der Waals surface area contributed by atoms with Gasteiger partial charge in [-0.25, -0.2) is 4.98 Å². The molecule has 1 aliphatic heterocycles. The Balaban J connectivity index is 1.88. The Morgan fingerprint density at radius 3 is 3.05 bits per heavy atom. The van der Waals surface area contributed by atoms with E-state index < -0.39 is 0 Å². The number of nitrogens with zero attached hydrogens (tertiary/aromatic N) is 1. The summed E-state index contributed by atoms with van der Waals surface area (Å²) in [7, 11) is 0. The van der Waals surface area contributed by atoms with Crippen molar-refractivity contribution in [3.63, 3.8) is 0 Å². The molecule has 0 spiro atoms. The molecule has 3 nitrogen and oxygen atoms in total. The first kappa shape index (κ1) is 10.6. The van der Waals surface area contributed by atoms with Gasteiger partial charge in [0, 0.05) is 17.8 Å². The molecule has 4 rings (SSSR count). The highest BCUT2D eigenvalue weighted by Gasteiger charge is 2.14. The van der Waals surface area contributed by atoms with Crippen LogP contribution in [0.4, 0.5) is 5.69 Å². The summed E-state index contributed by atoms with van der Waals surface area (Å²) in [6, 6.07) is 12.4. The van der Waals surface area contributed by atoms with E-state index in [9.17, 15) is 0 Å². The van der Waals surface area contributed by atoms with Crippen LogP contribution in [0, 0.1) is 6.92 Å². The van der Waals surface area contributed by atoms with Crippen molar-refractivity contribution in [2.24, 2.45) is 0 Å². The smallest absolute Gasteiger partial charge is 0.227 e. The Hall–Kier alpha value is -2.29. The Morgan fingerprint density at radius 2 is 2.16 bits per heavy atom. The van der Waals surface area contributed by atoms with E-state index in [1.165, 1.54) is 11.3 Å². The number of hydrogen-bond acceptors (Lipinski definition) is 3. The van der Waals surface area contributed by atoms with Crippen LogP contribution in [0.5, 0.6) is 0 Å². The molecular weight excluding hydrogens is 236 g/mol. The predicted molar refractivity (Wildman–Crippen MR) is 76.4 cm³/mol. The SMILES string of the molecule is Cc1cccc2oc(-c3ccc4c(c3)NCC4)nc12. The van der Waals surface area contributed by atoms with Crippen LogP contribution in [-0.2, 0) is 6.42 Å². The van der Waals surface area contributed by atoms with Gasteiger partial charge in [0.25, 0.3) is 0 Å². The maximum atomic E-state index is 5.86. The van der Waals surface area contributed by atoms with Crippen LogP contribution >= 0.6 is 0 Å². The van der Waals surface area contributed by atoms with E-state index in [1.54, 1.807) is 0 Å². The second kappa shape index (κ2) is 3.85. The highest BCUT2D eigenvalue weighted by molar-refractivity contribution is 5.80. The van der Waals surface area contributed by atoms with Crippen molar-refractivity contribution in [1.29, 1.82) is 0 Å². The van der Waals surface area contributed by atoms with E-state index >= 15 is 0 Å². The second-order valence-corrected chi connectivity index (χ2v) is 4.99. The van der Waals surface area contributed by atoms with Crippen molar-refractivity contribution < 1.29 is 4.42 Å². The number of benzene rings is 2. The lowest BCUT2D eigenvalue weighted by molar-refractivity contribution is 0.620. The van der Waals surface area contributed by atoms with Gasteiger partial charge in [-0.3, -0.25) is 0 Å². The van der Waals surface area contributed by atoms with Crippen LogP contribution in [0.25, 0.3) is 22.6 Å². The zero-order valence-corrected chi connectivity index (χ0v) is 10.7. The zero-order chi connectivity index (χ0) is 12.8. The molecule has 0 atom stereocenters. The minimum absolute atomic E-state index is 0.695. The molecule has 0 radical (unpaired) electrons. The van der Waals surface area contributed by atoms with E-state index in [0.29, 0.717) is 5.89 Å². The fourth-order valence-electron chi connectivity index (χ4n) is 2.63. The molecular formula is C16H14N2O. The molecule has 1 aromatic heterocycles. The molecule has 0 amide bonds. The number of rotatable bonds is 1. The first-order valence-electron chi connectivity index (χ1n) is 6.54. The largest absolute Gasteiger partial charge is 0.436 e. The van der Waals surface area contributed by atoms with Crippen LogP contribution in [0.1, 0.15) is 11.1 Å². The Kier molecular flexibility index (Phi) is 2.15. The van der Waals surface area contributed by atoms with Crippen LogP contribution < -0.4 is 5.32 Å². The molecule has 0 fully saturated rings. The zero-order valence-electron chi connectivity index (χ0n) is 10.7. The van der Waals surface area contributed by atoms with Crippen molar-refractivity contribution >= 4 is 16.8 Å². The highest BCUT2D eigenvalue weighted by Crippen LogP contribution is 2.31. The Labute approximate surface area is 111 Å². The highest BCUT2D eigenvalue weighted by atomic mass is 16.3. The summed E-state index contributed by atoms with van der Waals surface area (Å²) >= 11 is 0. The number of oxazole rings is 1. The Morgan fingerprint density at radius 1 is 1.21 bits per heavy atom. The van der Waals surface area contributed by atoms with Gasteiger partial charge in [0.1, 0.15) is 5.52 Å². The molecule has 0 bridgehead atoms. The number of para-hydroxylation sites is 1. The van der Waals surface area contributed by atoms with Gasteiger partial charge in [0.05, 0.1) is 0 Å². The van der Waals surface area contributed by atoms with Crippen LogP contribution in [0.3, 0.4) is 0 Å². The summed E-state index contributed by atoms with van der Waals surface area (Å²) in [6.07, 6.45) is 1.10. The Bertz CT molecular complexity index is 774. The lowest BCUT2D eigenvalue weighted by Gasteiger charge is -2.01. The third-order valence-electron chi connectivity index (χ3n) is 3.69. The third kappa shape index (κ3) is 1.62. The van der Waals surface area contributed by atoms with Crippen LogP contribution in [-0.4, -0.2) is 11.5 Å². The van der Waals surface area contributed by atoms with E-state index in [0.717, 1.165) is 35.2 Å². The first-order valence-corrected chi connectivity index (χ1v) is 6.54. The lowest BCUT2D eigenvalue weighted by atomic mass is 10.1. The van der Waals surface area contributed by atoms with Crippen molar-refractivity contribution in [3.05, 3.63) is 47.5 Å². The van der Waals surface area contributed by atoms with Gasteiger partial charge in [-0.05, 0) is 42.7 Å². The first-order chi connectivity index (χ1) is 9.31. The van der Waals surface area contributed by atoms with Crippen molar-refractivity contribution in [2.45, 2.75) is 13.3 Å². The molecule has 0 saturated carbocycles. The quantitative estimate of drug-likeness (QED) is 0.714. The molecule has 0 aliphatic carbocycles. The van der Waals surface area contributed by atoms with Gasteiger partial charge >= 0.3 is 0 Å². The molecule has 1 aliphatic rings.